The summed E-state index contributed by atoms with van der Waals surface area (Å²) < 4.78 is 28.4. The van der Waals surface area contributed by atoms with Gasteiger partial charge in [-0.2, -0.15) is 0 Å². The number of nitrogens with one attached hydrogen (secondary N) is 1. The van der Waals surface area contributed by atoms with Gasteiger partial charge in [-0.1, -0.05) is 23.2 Å². The van der Waals surface area contributed by atoms with Crippen molar-refractivity contribution < 1.29 is 19.0 Å². The summed E-state index contributed by atoms with van der Waals surface area (Å²) in [7, 11) is 0. The molecule has 1 aromatic carbocycles. The Bertz CT molecular complexity index is 514. The largest absolute Gasteiger partial charge is 0.506 e. The van der Waals surface area contributed by atoms with Crippen LogP contribution in [0.3, 0.4) is 0 Å². The minimum atomic E-state index is -3.43. The molecule has 0 unspecified atom stereocenters. The van der Waals surface area contributed by atoms with Gasteiger partial charge in [0.2, 0.25) is 0 Å². The first kappa shape index (κ1) is 19.7. The normalized spacial score (nSPS) is 17.9. The molecule has 1 aliphatic rings. The predicted octanol–water partition coefficient (Wildman–Crippen LogP) is 2.69. The number of aliphatic hydroxyl groups excluding tert-OH is 1. The highest BCUT2D eigenvalue weighted by Crippen LogP contribution is 2.43. The van der Waals surface area contributed by atoms with Crippen molar-refractivity contribution in [3.63, 3.8) is 0 Å². The molecule has 1 aromatic rings. The first-order valence-corrected chi connectivity index (χ1v) is 7.24. The van der Waals surface area contributed by atoms with Crippen LogP contribution in [0.25, 0.3) is 0 Å². The third kappa shape index (κ3) is 4.13. The van der Waals surface area contributed by atoms with Crippen molar-refractivity contribution in [3.8, 4) is 5.75 Å². The molecule has 126 valence electrons. The lowest BCUT2D eigenvalue weighted by atomic mass is 9.97. The average molecular weight is 378 g/mol. The van der Waals surface area contributed by atoms with Crippen molar-refractivity contribution in [1.82, 2.24) is 10.2 Å². The number of nitrogens with zero attached hydrogens (tertiary/aromatic N) is 1. The molecule has 0 saturated carbocycles. The molecule has 0 amide bonds. The van der Waals surface area contributed by atoms with Crippen molar-refractivity contribution in [3.05, 3.63) is 27.7 Å². The number of alkyl halides is 2. The standard InChI is InChI=1S/C13H16Cl2F2N2O2.ClH/c14-8-5-9(11(21)10(15)6-8)12(13(16,17)7-20)19-3-1-18-2-4-19;/h5-6,12,18,20-21H,1-4,7H2;1H/t12-;/m0./s1. The van der Waals surface area contributed by atoms with Gasteiger partial charge in [-0.05, 0) is 12.1 Å². The van der Waals surface area contributed by atoms with E-state index in [0.717, 1.165) is 0 Å². The van der Waals surface area contributed by atoms with Gasteiger partial charge in [0, 0.05) is 36.8 Å². The minimum absolute atomic E-state index is 0. The summed E-state index contributed by atoms with van der Waals surface area (Å²) in [6.45, 7) is 0.499. The Morgan fingerprint density at radius 3 is 2.41 bits per heavy atom. The summed E-state index contributed by atoms with van der Waals surface area (Å²) in [4.78, 5) is 1.51. The Hall–Kier alpha value is -0.370. The molecule has 1 heterocycles. The first-order chi connectivity index (χ1) is 9.86. The molecule has 3 N–H and O–H groups in total. The molecule has 0 bridgehead atoms. The van der Waals surface area contributed by atoms with Crippen molar-refractivity contribution in [2.45, 2.75) is 12.0 Å². The minimum Gasteiger partial charge on any atom is -0.506 e. The van der Waals surface area contributed by atoms with E-state index in [0.29, 0.717) is 26.2 Å². The van der Waals surface area contributed by atoms with Crippen LogP contribution in [0.4, 0.5) is 8.78 Å². The monoisotopic (exact) mass is 376 g/mol. The molecule has 0 spiro atoms. The Morgan fingerprint density at radius 1 is 1.27 bits per heavy atom. The summed E-state index contributed by atoms with van der Waals surface area (Å²) in [5.41, 5.74) is -0.0755. The Labute approximate surface area is 143 Å². The third-order valence-corrected chi connectivity index (χ3v) is 3.99. The zero-order chi connectivity index (χ0) is 15.6. The molecular formula is C13H17Cl3F2N2O2. The Morgan fingerprint density at radius 2 is 1.86 bits per heavy atom. The molecular weight excluding hydrogens is 361 g/mol. The number of rotatable bonds is 4. The summed E-state index contributed by atoms with van der Waals surface area (Å²) in [5, 5.41) is 22.2. The van der Waals surface area contributed by atoms with Gasteiger partial charge in [-0.15, -0.1) is 12.4 Å². The summed E-state index contributed by atoms with van der Waals surface area (Å²) in [5.74, 6) is -3.86. The van der Waals surface area contributed by atoms with Crippen molar-refractivity contribution in [1.29, 1.82) is 0 Å². The van der Waals surface area contributed by atoms with Crippen LogP contribution < -0.4 is 5.32 Å². The van der Waals surface area contributed by atoms with Crippen molar-refractivity contribution in [2.24, 2.45) is 0 Å². The highest BCUT2D eigenvalue weighted by molar-refractivity contribution is 6.35. The number of phenolic OH excluding ortho intramolecular Hbond substituents is 1. The zero-order valence-corrected chi connectivity index (χ0v) is 13.9. The number of benzene rings is 1. The quantitative estimate of drug-likeness (QED) is 0.755. The topological polar surface area (TPSA) is 55.7 Å². The summed E-state index contributed by atoms with van der Waals surface area (Å²) in [6.07, 6.45) is 0. The number of aliphatic hydroxyl groups is 1. The van der Waals surface area contributed by atoms with Gasteiger partial charge < -0.3 is 15.5 Å². The summed E-state index contributed by atoms with van der Waals surface area (Å²) >= 11 is 11.7. The van der Waals surface area contributed by atoms with Gasteiger partial charge in [0.05, 0.1) is 5.02 Å². The van der Waals surface area contributed by atoms with Crippen LogP contribution in [-0.2, 0) is 0 Å². The fraction of sp³-hybridized carbons (Fsp3) is 0.538. The second-order valence-corrected chi connectivity index (χ2v) is 5.78. The van der Waals surface area contributed by atoms with Crippen LogP contribution in [0.5, 0.6) is 5.75 Å². The second-order valence-electron chi connectivity index (χ2n) is 4.93. The number of hydrogen-bond donors (Lipinski definition) is 3. The van der Waals surface area contributed by atoms with E-state index in [4.69, 9.17) is 28.3 Å². The maximum Gasteiger partial charge on any atom is 0.290 e. The molecule has 0 radical (unpaired) electrons. The Balaban J connectivity index is 0.00000242. The zero-order valence-electron chi connectivity index (χ0n) is 11.5. The lowest BCUT2D eigenvalue weighted by Crippen LogP contribution is -2.51. The fourth-order valence-corrected chi connectivity index (χ4v) is 3.02. The lowest BCUT2D eigenvalue weighted by Gasteiger charge is -2.39. The first-order valence-electron chi connectivity index (χ1n) is 6.48. The number of piperazine rings is 1. The molecule has 9 heteroatoms. The molecule has 1 atom stereocenters. The van der Waals surface area contributed by atoms with E-state index >= 15 is 0 Å². The van der Waals surface area contributed by atoms with Crippen LogP contribution in [0, 0.1) is 0 Å². The van der Waals surface area contributed by atoms with Crippen LogP contribution in [-0.4, -0.2) is 53.8 Å². The number of aromatic hydroxyl groups is 1. The third-order valence-electron chi connectivity index (χ3n) is 3.48. The van der Waals surface area contributed by atoms with Crippen LogP contribution >= 0.6 is 35.6 Å². The number of halogens is 5. The van der Waals surface area contributed by atoms with E-state index in [1.54, 1.807) is 0 Å². The van der Waals surface area contributed by atoms with Crippen LogP contribution in [0.2, 0.25) is 10.0 Å². The van der Waals surface area contributed by atoms with Crippen molar-refractivity contribution in [2.75, 3.05) is 32.8 Å². The molecule has 1 aliphatic heterocycles. The van der Waals surface area contributed by atoms with E-state index in [-0.39, 0.29) is 28.0 Å². The van der Waals surface area contributed by atoms with E-state index in [9.17, 15) is 13.9 Å². The highest BCUT2D eigenvalue weighted by Gasteiger charge is 2.45. The molecule has 2 rings (SSSR count). The molecule has 22 heavy (non-hydrogen) atoms. The average Bonchev–Trinajstić information content (AvgIpc) is 2.45. The predicted molar refractivity (Wildman–Crippen MR) is 84.6 cm³/mol. The van der Waals surface area contributed by atoms with Gasteiger partial charge >= 0.3 is 0 Å². The SMILES string of the molecule is Cl.OCC(F)(F)[C@H](c1cc(Cl)cc(Cl)c1O)N1CCNCC1. The maximum absolute atomic E-state index is 14.2. The summed E-state index contributed by atoms with van der Waals surface area (Å²) in [6, 6.07) is 1.06. The lowest BCUT2D eigenvalue weighted by molar-refractivity contribution is -0.119. The van der Waals surface area contributed by atoms with Crippen molar-refractivity contribution >= 4 is 35.6 Å². The van der Waals surface area contributed by atoms with Gasteiger partial charge in [0.1, 0.15) is 18.4 Å². The van der Waals surface area contributed by atoms with E-state index in [1.807, 2.05) is 0 Å². The van der Waals surface area contributed by atoms with E-state index in [2.05, 4.69) is 5.32 Å². The second kappa shape index (κ2) is 7.95. The van der Waals surface area contributed by atoms with Gasteiger partial charge in [0.15, 0.2) is 0 Å². The van der Waals surface area contributed by atoms with Gasteiger partial charge in [-0.25, -0.2) is 8.78 Å². The van der Waals surface area contributed by atoms with E-state index in [1.165, 1.54) is 17.0 Å². The number of hydrogen-bond acceptors (Lipinski definition) is 4. The fourth-order valence-electron chi connectivity index (χ4n) is 2.51. The van der Waals surface area contributed by atoms with Gasteiger partial charge in [-0.3, -0.25) is 4.90 Å². The smallest absolute Gasteiger partial charge is 0.290 e. The van der Waals surface area contributed by atoms with E-state index < -0.39 is 24.3 Å². The van der Waals surface area contributed by atoms with Gasteiger partial charge in [0.25, 0.3) is 5.92 Å². The van der Waals surface area contributed by atoms with Crippen LogP contribution in [0.1, 0.15) is 11.6 Å². The molecule has 1 saturated heterocycles. The molecule has 0 aromatic heterocycles. The molecule has 4 nitrogen and oxygen atoms in total. The molecule has 1 fully saturated rings. The van der Waals surface area contributed by atoms with Crippen LogP contribution in [0.15, 0.2) is 12.1 Å². The maximum atomic E-state index is 14.2. The highest BCUT2D eigenvalue weighted by atomic mass is 35.5. The number of phenols is 1. The molecule has 0 aliphatic carbocycles. The Kier molecular flexibility index (Phi) is 7.11.